The molecule has 0 unspecified atom stereocenters. The van der Waals surface area contributed by atoms with Gasteiger partial charge in [-0.05, 0) is 81.3 Å². The van der Waals surface area contributed by atoms with E-state index >= 15 is 0 Å². The van der Waals surface area contributed by atoms with Crippen LogP contribution in [0.3, 0.4) is 0 Å². The molecule has 238 valence electrons. The maximum Gasteiger partial charge on any atom is 0.414 e. The topological polar surface area (TPSA) is 179 Å². The second-order valence-electron chi connectivity index (χ2n) is 10.3. The Bertz CT molecular complexity index is 1520. The monoisotopic (exact) mass is 621 g/mol. The number of benzene rings is 3. The van der Waals surface area contributed by atoms with Crippen LogP contribution in [0.1, 0.15) is 26.3 Å². The summed E-state index contributed by atoms with van der Waals surface area (Å²) in [6.07, 6.45) is -1.04. The van der Waals surface area contributed by atoms with Crippen molar-refractivity contribution in [3.05, 3.63) is 78.4 Å². The van der Waals surface area contributed by atoms with Crippen molar-refractivity contribution in [1.82, 2.24) is 15.8 Å². The third-order valence-corrected chi connectivity index (χ3v) is 5.84. The maximum absolute atomic E-state index is 13.6. The number of carbonyl (C=O) groups is 5. The predicted molar refractivity (Wildman–Crippen MR) is 162 cm³/mol. The Morgan fingerprint density at radius 2 is 1.42 bits per heavy atom. The highest BCUT2D eigenvalue weighted by atomic mass is 16.6. The van der Waals surface area contributed by atoms with E-state index in [-0.39, 0.29) is 18.7 Å². The number of methoxy groups -OCH3 is 2. The molecule has 0 atom stereocenters. The first-order valence-electron chi connectivity index (χ1n) is 13.6. The van der Waals surface area contributed by atoms with Crippen molar-refractivity contribution in [3.8, 4) is 23.0 Å². The van der Waals surface area contributed by atoms with Gasteiger partial charge in [-0.2, -0.15) is 5.12 Å². The fraction of sp³-hybridized carbons (Fsp3) is 0.258. The number of ether oxygens (including phenoxy) is 4. The van der Waals surface area contributed by atoms with Crippen LogP contribution in [0.5, 0.6) is 23.0 Å². The lowest BCUT2D eigenvalue weighted by atomic mass is 10.1. The van der Waals surface area contributed by atoms with Crippen LogP contribution in [0, 0.1) is 0 Å². The van der Waals surface area contributed by atoms with E-state index in [4.69, 9.17) is 24.7 Å². The lowest BCUT2D eigenvalue weighted by Gasteiger charge is -2.35. The number of nitrogens with one attached hydrogen (secondary N) is 2. The number of rotatable bonds is 10. The number of para-hydroxylation sites is 1. The van der Waals surface area contributed by atoms with Crippen LogP contribution in [0.15, 0.2) is 72.8 Å². The highest BCUT2D eigenvalue weighted by Gasteiger charge is 2.32. The van der Waals surface area contributed by atoms with Gasteiger partial charge in [-0.1, -0.05) is 24.3 Å². The Balaban J connectivity index is 1.99. The van der Waals surface area contributed by atoms with Crippen molar-refractivity contribution in [1.29, 1.82) is 0 Å². The molecule has 0 aliphatic rings. The summed E-state index contributed by atoms with van der Waals surface area (Å²) in [4.78, 5) is 63.1. The molecule has 0 aromatic heterocycles. The van der Waals surface area contributed by atoms with E-state index in [2.05, 4.69) is 5.43 Å². The molecule has 5 amide bonds. The van der Waals surface area contributed by atoms with E-state index in [1.54, 1.807) is 75.4 Å². The lowest BCUT2D eigenvalue weighted by Crippen LogP contribution is -2.61. The predicted octanol–water partition coefficient (Wildman–Crippen LogP) is 2.86. The summed E-state index contributed by atoms with van der Waals surface area (Å²) in [5.41, 5.74) is 7.28. The van der Waals surface area contributed by atoms with Crippen LogP contribution in [0.4, 0.5) is 10.5 Å². The van der Waals surface area contributed by atoms with Crippen LogP contribution < -0.4 is 35.8 Å². The average molecular weight is 622 g/mol. The molecule has 3 rings (SSSR count). The summed E-state index contributed by atoms with van der Waals surface area (Å²) in [6, 6.07) is 20.0. The molecule has 0 fully saturated rings. The molecule has 0 saturated carbocycles. The van der Waals surface area contributed by atoms with E-state index in [0.717, 1.165) is 10.1 Å². The molecule has 0 spiro atoms. The van der Waals surface area contributed by atoms with Gasteiger partial charge < -0.3 is 24.7 Å². The molecule has 14 heteroatoms. The van der Waals surface area contributed by atoms with Crippen molar-refractivity contribution in [2.75, 3.05) is 25.9 Å². The third kappa shape index (κ3) is 9.88. The number of amides is 5. The van der Waals surface area contributed by atoms with Gasteiger partial charge in [0, 0.05) is 6.54 Å². The number of hydrazine groups is 2. The van der Waals surface area contributed by atoms with Gasteiger partial charge in [0.25, 0.3) is 0 Å². The average Bonchev–Trinajstić information content (AvgIpc) is 3.00. The standard InChI is InChI=1S/C31H35N5O9/c1-31(2,3)45-30(41)33-28(39)29(40)35(18-17-20-11-16-24(42-4)25(19-20)43-5)36(34-27(38)26(32)37)21-12-14-23(15-13-21)44-22-9-7-6-8-10-22/h6-16,19H,17-18H2,1-5H3,(H2,32,37)(H,34,38)(H,33,39,41). The number of hydrogen-bond donors (Lipinski definition) is 3. The zero-order chi connectivity index (χ0) is 33.1. The summed E-state index contributed by atoms with van der Waals surface area (Å²) in [7, 11) is 2.95. The summed E-state index contributed by atoms with van der Waals surface area (Å²) in [6.45, 7) is 4.51. The third-order valence-electron chi connectivity index (χ3n) is 5.84. The summed E-state index contributed by atoms with van der Waals surface area (Å²) >= 11 is 0. The Hall–Kier alpha value is -5.79. The lowest BCUT2D eigenvalue weighted by molar-refractivity contribution is -0.147. The number of nitrogens with zero attached hydrogens (tertiary/aromatic N) is 2. The van der Waals surface area contributed by atoms with Gasteiger partial charge in [0.2, 0.25) is 0 Å². The van der Waals surface area contributed by atoms with E-state index in [9.17, 15) is 24.0 Å². The second kappa shape index (κ2) is 15.1. The minimum Gasteiger partial charge on any atom is -0.493 e. The van der Waals surface area contributed by atoms with Gasteiger partial charge in [0.15, 0.2) is 11.5 Å². The molecular weight excluding hydrogens is 586 g/mol. The SMILES string of the molecule is COc1ccc(CCN(C(=O)C(=O)NC(=O)OC(C)(C)C)N(NC(=O)C(N)=O)c2ccc(Oc3ccccc3)cc2)cc1OC. The second-order valence-corrected chi connectivity index (χ2v) is 10.3. The highest BCUT2D eigenvalue weighted by Crippen LogP contribution is 2.28. The van der Waals surface area contributed by atoms with Crippen molar-refractivity contribution in [2.45, 2.75) is 32.8 Å². The van der Waals surface area contributed by atoms with E-state index in [1.807, 2.05) is 11.4 Å². The highest BCUT2D eigenvalue weighted by molar-refractivity contribution is 6.38. The zero-order valence-corrected chi connectivity index (χ0v) is 25.5. The Kier molecular flexibility index (Phi) is 11.3. The number of nitrogens with two attached hydrogens (primary N) is 1. The van der Waals surface area contributed by atoms with Crippen molar-refractivity contribution in [2.24, 2.45) is 5.73 Å². The quantitative estimate of drug-likeness (QED) is 0.225. The maximum atomic E-state index is 13.6. The molecule has 0 heterocycles. The number of alkyl carbamates (subject to hydrolysis) is 1. The first kappa shape index (κ1) is 33.7. The molecule has 45 heavy (non-hydrogen) atoms. The summed E-state index contributed by atoms with van der Waals surface area (Å²) < 4.78 is 21.5. The van der Waals surface area contributed by atoms with Gasteiger partial charge in [-0.15, -0.1) is 0 Å². The Labute approximate surface area is 259 Å². The molecule has 3 aromatic rings. The Morgan fingerprint density at radius 3 is 2.00 bits per heavy atom. The molecule has 3 aromatic carbocycles. The number of hydrogen-bond acceptors (Lipinski definition) is 10. The van der Waals surface area contributed by atoms with Gasteiger partial charge in [0.1, 0.15) is 17.1 Å². The zero-order valence-electron chi connectivity index (χ0n) is 25.5. The van der Waals surface area contributed by atoms with Crippen LogP contribution >= 0.6 is 0 Å². The number of anilines is 1. The van der Waals surface area contributed by atoms with Gasteiger partial charge in [0.05, 0.1) is 19.9 Å². The molecule has 0 saturated heterocycles. The minimum absolute atomic E-state index is 0.115. The molecule has 4 N–H and O–H groups in total. The van der Waals surface area contributed by atoms with Gasteiger partial charge >= 0.3 is 29.7 Å². The van der Waals surface area contributed by atoms with E-state index in [1.165, 1.54) is 26.4 Å². The van der Waals surface area contributed by atoms with Crippen molar-refractivity contribution >= 4 is 35.4 Å². The fourth-order valence-electron chi connectivity index (χ4n) is 3.83. The fourth-order valence-corrected chi connectivity index (χ4v) is 3.83. The molecule has 0 radical (unpaired) electrons. The van der Waals surface area contributed by atoms with Crippen LogP contribution in [-0.4, -0.2) is 61.1 Å². The van der Waals surface area contributed by atoms with Crippen LogP contribution in [0.25, 0.3) is 0 Å². The van der Waals surface area contributed by atoms with Crippen LogP contribution in [0.2, 0.25) is 0 Å². The van der Waals surface area contributed by atoms with Gasteiger partial charge in [-0.25, -0.2) is 15.2 Å². The Morgan fingerprint density at radius 1 is 0.800 bits per heavy atom. The van der Waals surface area contributed by atoms with E-state index in [0.29, 0.717) is 28.6 Å². The molecular formula is C31H35N5O9. The first-order valence-corrected chi connectivity index (χ1v) is 13.6. The minimum atomic E-state index is -1.36. The first-order chi connectivity index (χ1) is 21.3. The molecule has 0 bridgehead atoms. The number of primary amides is 1. The normalized spacial score (nSPS) is 10.6. The number of carbonyl (C=O) groups excluding carboxylic acids is 5. The van der Waals surface area contributed by atoms with Gasteiger partial charge in [-0.3, -0.25) is 24.5 Å². The largest absolute Gasteiger partial charge is 0.493 e. The van der Waals surface area contributed by atoms with Crippen molar-refractivity contribution < 1.29 is 42.9 Å². The molecule has 14 nitrogen and oxygen atoms in total. The van der Waals surface area contributed by atoms with Crippen molar-refractivity contribution in [3.63, 3.8) is 0 Å². The molecule has 0 aliphatic heterocycles. The van der Waals surface area contributed by atoms with E-state index < -0.39 is 35.3 Å². The molecule has 0 aliphatic carbocycles. The summed E-state index contributed by atoms with van der Waals surface area (Å²) in [5, 5.41) is 3.61. The summed E-state index contributed by atoms with van der Waals surface area (Å²) in [5.74, 6) is -3.39. The number of imide groups is 1. The smallest absolute Gasteiger partial charge is 0.414 e. The van der Waals surface area contributed by atoms with Crippen LogP contribution in [-0.2, 0) is 30.3 Å².